The topological polar surface area (TPSA) is 55.1 Å². The molecule has 0 aliphatic carbocycles. The number of carbonyl (C=O) groups excluding carboxylic acids is 1. The lowest BCUT2D eigenvalue weighted by molar-refractivity contribution is 0.0575. The van der Waals surface area contributed by atoms with E-state index in [1.807, 2.05) is 20.8 Å². The molecule has 0 radical (unpaired) electrons. The van der Waals surface area contributed by atoms with Gasteiger partial charge in [0.1, 0.15) is 11.8 Å². The van der Waals surface area contributed by atoms with Gasteiger partial charge in [-0.1, -0.05) is 33.6 Å². The van der Waals surface area contributed by atoms with E-state index in [9.17, 15) is 9.90 Å². The Bertz CT molecular complexity index is 400. The van der Waals surface area contributed by atoms with Gasteiger partial charge < -0.3 is 5.11 Å². The molecule has 0 aliphatic rings. The van der Waals surface area contributed by atoms with Gasteiger partial charge in [-0.05, 0) is 28.3 Å². The monoisotopic (exact) mass is 316 g/mol. The highest BCUT2D eigenvalue weighted by atomic mass is 79.9. The number of aliphatic hydroxyl groups is 1. The summed E-state index contributed by atoms with van der Waals surface area (Å²) in [6.07, 6.45) is 3.16. The first-order chi connectivity index (χ1) is 8.56. The lowest BCUT2D eigenvalue weighted by Crippen LogP contribution is -2.31. The normalized spacial score (nSPS) is 13.0. The summed E-state index contributed by atoms with van der Waals surface area (Å²) in [7, 11) is 0. The molecule has 1 unspecified atom stereocenters. The summed E-state index contributed by atoms with van der Waals surface area (Å²) in [5.41, 5.74) is 0.483. The summed E-state index contributed by atoms with van der Waals surface area (Å²) in [5.74, 6) is -0.226. The zero-order valence-electron chi connectivity index (χ0n) is 11.2. The van der Waals surface area contributed by atoms with Gasteiger partial charge in [-0.15, -0.1) is 0 Å². The summed E-state index contributed by atoms with van der Waals surface area (Å²) in [6.45, 7) is 6.69. The molecule has 102 valence electrons. The van der Waals surface area contributed by atoms with Gasteiger partial charge in [-0.25, -0.2) is 0 Å². The van der Waals surface area contributed by atoms with Crippen molar-refractivity contribution in [1.29, 1.82) is 0 Å². The fourth-order valence-corrected chi connectivity index (χ4v) is 2.57. The second kappa shape index (κ2) is 7.04. The molecule has 0 fully saturated rings. The van der Waals surface area contributed by atoms with E-state index in [1.54, 1.807) is 10.9 Å². The lowest BCUT2D eigenvalue weighted by atomic mass is 9.92. The van der Waals surface area contributed by atoms with Crippen LogP contribution in [0.3, 0.4) is 0 Å². The smallest absolute Gasteiger partial charge is 0.210 e. The van der Waals surface area contributed by atoms with Crippen molar-refractivity contribution in [2.45, 2.75) is 52.7 Å². The minimum Gasteiger partial charge on any atom is -0.385 e. The molecular formula is C13H21BrN2O2. The largest absolute Gasteiger partial charge is 0.385 e. The van der Waals surface area contributed by atoms with Crippen LogP contribution in [0.1, 0.15) is 50.5 Å². The average molecular weight is 317 g/mol. The van der Waals surface area contributed by atoms with Crippen LogP contribution in [0.2, 0.25) is 0 Å². The number of carbonyl (C=O) groups is 1. The first-order valence-electron chi connectivity index (χ1n) is 6.50. The van der Waals surface area contributed by atoms with Gasteiger partial charge in [-0.2, -0.15) is 5.10 Å². The van der Waals surface area contributed by atoms with Crippen molar-refractivity contribution >= 4 is 21.7 Å². The van der Waals surface area contributed by atoms with Crippen LogP contribution in [0.25, 0.3) is 0 Å². The van der Waals surface area contributed by atoms with Gasteiger partial charge in [0.2, 0.25) is 5.78 Å². The standard InChI is InChI=1S/C13H21BrN2O2/c1-4-7-16-11(10(14)8-15-16)13(18)12(17)9(5-2)6-3/h8-9,12,17H,4-7H2,1-3H3. The second-order valence-electron chi connectivity index (χ2n) is 4.45. The molecule has 1 aromatic rings. The van der Waals surface area contributed by atoms with E-state index < -0.39 is 6.10 Å². The van der Waals surface area contributed by atoms with Gasteiger partial charge in [-0.3, -0.25) is 9.48 Å². The van der Waals surface area contributed by atoms with Gasteiger partial charge >= 0.3 is 0 Å². The number of hydrogen-bond donors (Lipinski definition) is 1. The van der Waals surface area contributed by atoms with Gasteiger partial charge in [0.05, 0.1) is 10.7 Å². The molecule has 0 aliphatic heterocycles. The Morgan fingerprint density at radius 2 is 2.06 bits per heavy atom. The van der Waals surface area contributed by atoms with Gasteiger partial charge in [0.25, 0.3) is 0 Å². The molecule has 1 rings (SSSR count). The summed E-state index contributed by atoms with van der Waals surface area (Å²) in [5, 5.41) is 14.3. The quantitative estimate of drug-likeness (QED) is 0.787. The Morgan fingerprint density at radius 1 is 1.44 bits per heavy atom. The summed E-state index contributed by atoms with van der Waals surface area (Å²) in [4.78, 5) is 12.3. The molecule has 0 aromatic carbocycles. The highest BCUT2D eigenvalue weighted by molar-refractivity contribution is 9.10. The van der Waals surface area contributed by atoms with Crippen molar-refractivity contribution in [3.05, 3.63) is 16.4 Å². The molecule has 1 aromatic heterocycles. The molecule has 0 amide bonds. The Hall–Kier alpha value is -0.680. The molecule has 1 atom stereocenters. The van der Waals surface area contributed by atoms with E-state index in [4.69, 9.17) is 0 Å². The number of nitrogens with zero attached hydrogens (tertiary/aromatic N) is 2. The van der Waals surface area contributed by atoms with E-state index in [2.05, 4.69) is 21.0 Å². The minimum absolute atomic E-state index is 0.00868. The van der Waals surface area contributed by atoms with Crippen LogP contribution in [0, 0.1) is 5.92 Å². The van der Waals surface area contributed by atoms with Crippen LogP contribution in [0.5, 0.6) is 0 Å². The summed E-state index contributed by atoms with van der Waals surface area (Å²) < 4.78 is 2.32. The number of ketones is 1. The van der Waals surface area contributed by atoms with Crippen molar-refractivity contribution in [3.8, 4) is 0 Å². The highest BCUT2D eigenvalue weighted by Crippen LogP contribution is 2.22. The van der Waals surface area contributed by atoms with Crippen LogP contribution in [0.15, 0.2) is 10.7 Å². The predicted octanol–water partition coefficient (Wildman–Crippen LogP) is 3.04. The van der Waals surface area contributed by atoms with E-state index >= 15 is 0 Å². The molecule has 0 spiro atoms. The fraction of sp³-hybridized carbons (Fsp3) is 0.692. The first-order valence-corrected chi connectivity index (χ1v) is 7.29. The number of halogens is 1. The Labute approximate surface area is 117 Å². The maximum atomic E-state index is 12.3. The predicted molar refractivity (Wildman–Crippen MR) is 74.6 cm³/mol. The number of aliphatic hydroxyl groups excluding tert-OH is 1. The molecule has 0 saturated heterocycles. The van der Waals surface area contributed by atoms with E-state index in [1.165, 1.54) is 0 Å². The van der Waals surface area contributed by atoms with Crippen molar-refractivity contribution in [2.75, 3.05) is 0 Å². The zero-order valence-corrected chi connectivity index (χ0v) is 12.8. The molecule has 1 N–H and O–H groups in total. The van der Waals surface area contributed by atoms with E-state index in [0.717, 1.165) is 19.3 Å². The molecule has 0 bridgehead atoms. The van der Waals surface area contributed by atoms with Crippen molar-refractivity contribution in [2.24, 2.45) is 5.92 Å². The molecule has 1 heterocycles. The summed E-state index contributed by atoms with van der Waals surface area (Å²) >= 11 is 3.33. The fourth-order valence-electron chi connectivity index (χ4n) is 2.08. The zero-order chi connectivity index (χ0) is 13.7. The Kier molecular flexibility index (Phi) is 6.02. The third-order valence-corrected chi connectivity index (χ3v) is 3.81. The van der Waals surface area contributed by atoms with Crippen LogP contribution >= 0.6 is 15.9 Å². The van der Waals surface area contributed by atoms with Gasteiger partial charge in [0.15, 0.2) is 0 Å². The SMILES string of the molecule is CCCn1ncc(Br)c1C(=O)C(O)C(CC)CC. The second-order valence-corrected chi connectivity index (χ2v) is 5.30. The van der Waals surface area contributed by atoms with E-state index in [0.29, 0.717) is 16.7 Å². The number of aromatic nitrogens is 2. The third-order valence-electron chi connectivity index (χ3n) is 3.23. The number of hydrogen-bond acceptors (Lipinski definition) is 3. The number of rotatable bonds is 7. The lowest BCUT2D eigenvalue weighted by Gasteiger charge is -2.19. The number of Topliss-reactive ketones (excluding diaryl/α,β-unsaturated/α-hetero) is 1. The molecule has 0 saturated carbocycles. The average Bonchev–Trinajstić information content (AvgIpc) is 2.71. The molecule has 5 heteroatoms. The number of aryl methyl sites for hydroxylation is 1. The molecule has 4 nitrogen and oxygen atoms in total. The maximum Gasteiger partial charge on any atom is 0.210 e. The molecule has 18 heavy (non-hydrogen) atoms. The van der Waals surface area contributed by atoms with Crippen molar-refractivity contribution in [1.82, 2.24) is 9.78 Å². The van der Waals surface area contributed by atoms with Gasteiger partial charge in [0, 0.05) is 6.54 Å². The summed E-state index contributed by atoms with van der Waals surface area (Å²) in [6, 6.07) is 0. The van der Waals surface area contributed by atoms with Crippen LogP contribution < -0.4 is 0 Å². The van der Waals surface area contributed by atoms with Crippen molar-refractivity contribution < 1.29 is 9.90 Å². The Balaban J connectivity index is 2.98. The Morgan fingerprint density at radius 3 is 2.56 bits per heavy atom. The maximum absolute atomic E-state index is 12.3. The third kappa shape index (κ3) is 3.20. The molecular weight excluding hydrogens is 296 g/mol. The highest BCUT2D eigenvalue weighted by Gasteiger charge is 2.28. The van der Waals surface area contributed by atoms with Crippen LogP contribution in [-0.4, -0.2) is 26.8 Å². The minimum atomic E-state index is -0.941. The van der Waals surface area contributed by atoms with Crippen LogP contribution in [0.4, 0.5) is 0 Å². The van der Waals surface area contributed by atoms with E-state index in [-0.39, 0.29) is 11.7 Å². The van der Waals surface area contributed by atoms with Crippen LogP contribution in [-0.2, 0) is 6.54 Å². The first kappa shape index (κ1) is 15.4. The van der Waals surface area contributed by atoms with Crippen molar-refractivity contribution in [3.63, 3.8) is 0 Å².